The molecule has 1 aromatic rings. The van der Waals surface area contributed by atoms with E-state index in [2.05, 4.69) is 14.9 Å². The summed E-state index contributed by atoms with van der Waals surface area (Å²) in [7, 11) is 0. The monoisotopic (exact) mass is 299 g/mol. The maximum absolute atomic E-state index is 10.8. The number of likely N-dealkylation sites (tertiary alicyclic amines) is 1. The Labute approximate surface area is 132 Å². The third kappa shape index (κ3) is 3.81. The standard InChI is InChI=1S/C18H25N3O/c22-18(16-6-2-1-3-7-16)9-14-21(15-10-18)13-5-4-8-17-19-11-12-20-17/h1-3,6-7,11-12,17,22H,4-5,8-10,13-15H2. The molecule has 118 valence electrons. The second kappa shape index (κ2) is 7.16. The van der Waals surface area contributed by atoms with E-state index in [1.165, 1.54) is 12.8 Å². The Bertz CT molecular complexity index is 506. The average molecular weight is 299 g/mol. The van der Waals surface area contributed by atoms with Crippen LogP contribution in [0.2, 0.25) is 0 Å². The first-order valence-corrected chi connectivity index (χ1v) is 8.31. The number of benzene rings is 1. The molecule has 22 heavy (non-hydrogen) atoms. The van der Waals surface area contributed by atoms with Crippen LogP contribution in [0.3, 0.4) is 0 Å². The fourth-order valence-electron chi connectivity index (χ4n) is 3.31. The summed E-state index contributed by atoms with van der Waals surface area (Å²) in [4.78, 5) is 11.0. The van der Waals surface area contributed by atoms with Gasteiger partial charge in [0.05, 0.1) is 5.60 Å². The molecular weight excluding hydrogens is 274 g/mol. The molecule has 0 radical (unpaired) electrons. The molecule has 0 atom stereocenters. The van der Waals surface area contributed by atoms with Gasteiger partial charge in [0.2, 0.25) is 0 Å². The van der Waals surface area contributed by atoms with Gasteiger partial charge in [-0.1, -0.05) is 30.3 Å². The number of rotatable bonds is 6. The molecule has 1 saturated heterocycles. The summed E-state index contributed by atoms with van der Waals surface area (Å²) < 4.78 is 0. The van der Waals surface area contributed by atoms with E-state index < -0.39 is 5.60 Å². The van der Waals surface area contributed by atoms with Crippen molar-refractivity contribution < 1.29 is 5.11 Å². The van der Waals surface area contributed by atoms with Gasteiger partial charge in [0, 0.05) is 25.5 Å². The summed E-state index contributed by atoms with van der Waals surface area (Å²) in [5, 5.41) is 10.8. The van der Waals surface area contributed by atoms with Crippen molar-refractivity contribution in [2.75, 3.05) is 19.6 Å². The van der Waals surface area contributed by atoms with Crippen molar-refractivity contribution in [3.63, 3.8) is 0 Å². The third-order valence-electron chi connectivity index (χ3n) is 4.76. The van der Waals surface area contributed by atoms with Gasteiger partial charge in [-0.15, -0.1) is 0 Å². The molecule has 4 nitrogen and oxygen atoms in total. The van der Waals surface area contributed by atoms with Gasteiger partial charge in [-0.2, -0.15) is 0 Å². The van der Waals surface area contributed by atoms with E-state index in [0.717, 1.165) is 44.5 Å². The van der Waals surface area contributed by atoms with Crippen LogP contribution in [0, 0.1) is 0 Å². The molecule has 2 aliphatic heterocycles. The summed E-state index contributed by atoms with van der Waals surface area (Å²) in [6, 6.07) is 10.1. The van der Waals surface area contributed by atoms with E-state index in [1.54, 1.807) is 12.4 Å². The van der Waals surface area contributed by atoms with Crippen molar-refractivity contribution >= 4 is 12.4 Å². The lowest BCUT2D eigenvalue weighted by Gasteiger charge is -2.38. The number of hydrogen-bond donors (Lipinski definition) is 1. The average Bonchev–Trinajstić information content (AvgIpc) is 3.08. The predicted molar refractivity (Wildman–Crippen MR) is 90.6 cm³/mol. The van der Waals surface area contributed by atoms with Crippen LogP contribution in [0.5, 0.6) is 0 Å². The van der Waals surface area contributed by atoms with Gasteiger partial charge in [0.1, 0.15) is 6.17 Å². The van der Waals surface area contributed by atoms with E-state index in [0.29, 0.717) is 0 Å². The fraction of sp³-hybridized carbons (Fsp3) is 0.556. The normalized spacial score (nSPS) is 21.5. The largest absolute Gasteiger partial charge is 0.385 e. The molecule has 0 unspecified atom stereocenters. The molecule has 0 aromatic heterocycles. The minimum absolute atomic E-state index is 0.171. The minimum Gasteiger partial charge on any atom is -0.385 e. The van der Waals surface area contributed by atoms with Gasteiger partial charge in [-0.05, 0) is 44.2 Å². The lowest BCUT2D eigenvalue weighted by molar-refractivity contribution is -0.0261. The molecule has 2 aliphatic rings. The van der Waals surface area contributed by atoms with Crippen LogP contribution in [0.25, 0.3) is 0 Å². The SMILES string of the molecule is OC1(c2ccccc2)CCN(CCCCC2N=CC=N2)CC1. The lowest BCUT2D eigenvalue weighted by Crippen LogP contribution is -2.42. The quantitative estimate of drug-likeness (QED) is 0.821. The summed E-state index contributed by atoms with van der Waals surface area (Å²) in [5.74, 6) is 0. The molecule has 1 N–H and O–H groups in total. The highest BCUT2D eigenvalue weighted by molar-refractivity contribution is 6.17. The Balaban J connectivity index is 1.38. The minimum atomic E-state index is -0.634. The molecule has 0 spiro atoms. The van der Waals surface area contributed by atoms with Crippen LogP contribution in [0.4, 0.5) is 0 Å². The zero-order chi connectivity index (χ0) is 15.3. The highest BCUT2D eigenvalue weighted by atomic mass is 16.3. The second-order valence-electron chi connectivity index (χ2n) is 6.31. The fourth-order valence-corrected chi connectivity index (χ4v) is 3.31. The Kier molecular flexibility index (Phi) is 5.01. The van der Waals surface area contributed by atoms with Crippen LogP contribution in [-0.4, -0.2) is 48.2 Å². The first-order chi connectivity index (χ1) is 10.8. The van der Waals surface area contributed by atoms with Crippen LogP contribution < -0.4 is 0 Å². The van der Waals surface area contributed by atoms with Gasteiger partial charge in [-0.3, -0.25) is 9.98 Å². The zero-order valence-electron chi connectivity index (χ0n) is 13.1. The van der Waals surface area contributed by atoms with Crippen LogP contribution >= 0.6 is 0 Å². The molecule has 0 bridgehead atoms. The summed E-state index contributed by atoms with van der Waals surface area (Å²) >= 11 is 0. The van der Waals surface area contributed by atoms with E-state index in [-0.39, 0.29) is 6.17 Å². The first-order valence-electron chi connectivity index (χ1n) is 8.31. The lowest BCUT2D eigenvalue weighted by atomic mass is 9.84. The summed E-state index contributed by atoms with van der Waals surface area (Å²) in [6.07, 6.45) is 8.81. The molecule has 0 saturated carbocycles. The number of nitrogens with zero attached hydrogens (tertiary/aromatic N) is 3. The van der Waals surface area contributed by atoms with Gasteiger partial charge >= 0.3 is 0 Å². The molecule has 0 amide bonds. The van der Waals surface area contributed by atoms with Crippen molar-refractivity contribution in [1.29, 1.82) is 0 Å². The van der Waals surface area contributed by atoms with Crippen molar-refractivity contribution in [3.05, 3.63) is 35.9 Å². The molecule has 0 aliphatic carbocycles. The van der Waals surface area contributed by atoms with Crippen molar-refractivity contribution in [3.8, 4) is 0 Å². The van der Waals surface area contributed by atoms with Crippen LogP contribution in [0.1, 0.15) is 37.7 Å². The van der Waals surface area contributed by atoms with Crippen molar-refractivity contribution in [2.24, 2.45) is 9.98 Å². The number of aliphatic hydroxyl groups is 1. The molecular formula is C18H25N3O. The number of aliphatic imine (C=N–C) groups is 2. The smallest absolute Gasteiger partial charge is 0.139 e. The number of hydrogen-bond acceptors (Lipinski definition) is 4. The van der Waals surface area contributed by atoms with E-state index >= 15 is 0 Å². The predicted octanol–water partition coefficient (Wildman–Crippen LogP) is 2.62. The van der Waals surface area contributed by atoms with Gasteiger partial charge in [0.25, 0.3) is 0 Å². The Morgan fingerprint density at radius 3 is 2.41 bits per heavy atom. The third-order valence-corrected chi connectivity index (χ3v) is 4.76. The van der Waals surface area contributed by atoms with E-state index in [9.17, 15) is 5.11 Å². The van der Waals surface area contributed by atoms with E-state index in [1.807, 2.05) is 30.3 Å². The van der Waals surface area contributed by atoms with Crippen LogP contribution in [-0.2, 0) is 5.60 Å². The molecule has 1 fully saturated rings. The number of unbranched alkanes of at least 4 members (excludes halogenated alkanes) is 1. The maximum Gasteiger partial charge on any atom is 0.139 e. The van der Waals surface area contributed by atoms with Crippen LogP contribution in [0.15, 0.2) is 40.3 Å². The molecule has 4 heteroatoms. The molecule has 1 aromatic carbocycles. The maximum atomic E-state index is 10.8. The first kappa shape index (κ1) is 15.4. The summed E-state index contributed by atoms with van der Waals surface area (Å²) in [6.45, 7) is 3.07. The second-order valence-corrected chi connectivity index (χ2v) is 6.31. The van der Waals surface area contributed by atoms with Gasteiger partial charge in [0.15, 0.2) is 0 Å². The molecule has 2 heterocycles. The van der Waals surface area contributed by atoms with Gasteiger partial charge in [-0.25, -0.2) is 0 Å². The van der Waals surface area contributed by atoms with Gasteiger partial charge < -0.3 is 10.0 Å². The highest BCUT2D eigenvalue weighted by Crippen LogP contribution is 2.32. The van der Waals surface area contributed by atoms with E-state index in [4.69, 9.17) is 0 Å². The molecule has 3 rings (SSSR count). The topological polar surface area (TPSA) is 48.2 Å². The van der Waals surface area contributed by atoms with Crippen molar-refractivity contribution in [1.82, 2.24) is 4.90 Å². The van der Waals surface area contributed by atoms with Crippen molar-refractivity contribution in [2.45, 2.75) is 43.9 Å². The Hall–Kier alpha value is -1.52. The highest BCUT2D eigenvalue weighted by Gasteiger charge is 2.33. The Morgan fingerprint density at radius 1 is 1.05 bits per heavy atom. The number of piperidine rings is 1. The Morgan fingerprint density at radius 2 is 1.73 bits per heavy atom. The zero-order valence-corrected chi connectivity index (χ0v) is 13.1. The summed E-state index contributed by atoms with van der Waals surface area (Å²) in [5.41, 5.74) is 0.428.